The summed E-state index contributed by atoms with van der Waals surface area (Å²) in [5.41, 5.74) is 6.80. The van der Waals surface area contributed by atoms with E-state index in [9.17, 15) is 0 Å². The standard InChI is InChI=1S/C12H22N4/c1-15(2)8-5-9-16(3)12-11(10-13)6-4-7-14-12/h4,6-7H,5,8-10,13H2,1-3H3. The van der Waals surface area contributed by atoms with Gasteiger partial charge in [-0.1, -0.05) is 6.07 Å². The molecule has 0 aliphatic heterocycles. The summed E-state index contributed by atoms with van der Waals surface area (Å²) in [6.45, 7) is 2.64. The van der Waals surface area contributed by atoms with Gasteiger partial charge in [-0.25, -0.2) is 4.98 Å². The molecule has 1 aromatic rings. The second kappa shape index (κ2) is 6.45. The van der Waals surface area contributed by atoms with Crippen molar-refractivity contribution < 1.29 is 0 Å². The first kappa shape index (κ1) is 12.9. The van der Waals surface area contributed by atoms with Crippen LogP contribution in [0, 0.1) is 0 Å². The molecule has 16 heavy (non-hydrogen) atoms. The summed E-state index contributed by atoms with van der Waals surface area (Å²) < 4.78 is 0. The zero-order valence-electron chi connectivity index (χ0n) is 10.5. The van der Waals surface area contributed by atoms with Gasteiger partial charge < -0.3 is 15.5 Å². The smallest absolute Gasteiger partial charge is 0.132 e. The Labute approximate surface area is 98.1 Å². The monoisotopic (exact) mass is 222 g/mol. The fourth-order valence-electron chi connectivity index (χ4n) is 1.66. The molecule has 1 heterocycles. The van der Waals surface area contributed by atoms with Crippen molar-refractivity contribution in [3.8, 4) is 0 Å². The molecule has 1 aromatic heterocycles. The van der Waals surface area contributed by atoms with Crippen LogP contribution < -0.4 is 10.6 Å². The van der Waals surface area contributed by atoms with Gasteiger partial charge in [-0.2, -0.15) is 0 Å². The van der Waals surface area contributed by atoms with E-state index in [-0.39, 0.29) is 0 Å². The largest absolute Gasteiger partial charge is 0.359 e. The maximum atomic E-state index is 5.69. The lowest BCUT2D eigenvalue weighted by atomic mass is 10.2. The van der Waals surface area contributed by atoms with Crippen LogP contribution >= 0.6 is 0 Å². The molecular weight excluding hydrogens is 200 g/mol. The molecule has 1 rings (SSSR count). The quantitative estimate of drug-likeness (QED) is 0.777. The zero-order chi connectivity index (χ0) is 12.0. The van der Waals surface area contributed by atoms with E-state index in [0.29, 0.717) is 6.54 Å². The third kappa shape index (κ3) is 3.79. The molecule has 0 amide bonds. The molecule has 0 saturated carbocycles. The van der Waals surface area contributed by atoms with Gasteiger partial charge in [0.25, 0.3) is 0 Å². The second-order valence-electron chi connectivity index (χ2n) is 4.27. The third-order valence-electron chi connectivity index (χ3n) is 2.55. The number of hydrogen-bond donors (Lipinski definition) is 1. The van der Waals surface area contributed by atoms with Gasteiger partial charge in [-0.15, -0.1) is 0 Å². The molecule has 90 valence electrons. The minimum absolute atomic E-state index is 0.543. The number of hydrogen-bond acceptors (Lipinski definition) is 4. The Morgan fingerprint density at radius 1 is 1.25 bits per heavy atom. The van der Waals surface area contributed by atoms with Crippen molar-refractivity contribution in [2.75, 3.05) is 39.1 Å². The second-order valence-corrected chi connectivity index (χ2v) is 4.27. The summed E-state index contributed by atoms with van der Waals surface area (Å²) in [4.78, 5) is 8.74. The van der Waals surface area contributed by atoms with Crippen LogP contribution in [0.5, 0.6) is 0 Å². The lowest BCUT2D eigenvalue weighted by Gasteiger charge is -2.21. The number of nitrogens with zero attached hydrogens (tertiary/aromatic N) is 3. The first-order valence-electron chi connectivity index (χ1n) is 5.65. The Kier molecular flexibility index (Phi) is 5.22. The van der Waals surface area contributed by atoms with Crippen molar-refractivity contribution in [1.29, 1.82) is 0 Å². The van der Waals surface area contributed by atoms with Gasteiger partial charge >= 0.3 is 0 Å². The van der Waals surface area contributed by atoms with E-state index in [2.05, 4.69) is 35.9 Å². The number of pyridine rings is 1. The minimum atomic E-state index is 0.543. The molecule has 0 fully saturated rings. The van der Waals surface area contributed by atoms with Gasteiger partial charge in [0.15, 0.2) is 0 Å². The maximum Gasteiger partial charge on any atom is 0.132 e. The molecule has 4 heteroatoms. The first-order valence-corrected chi connectivity index (χ1v) is 5.65. The molecule has 2 N–H and O–H groups in total. The molecule has 0 aliphatic rings. The predicted octanol–water partition coefficient (Wildman–Crippen LogP) is 0.928. The highest BCUT2D eigenvalue weighted by molar-refractivity contribution is 5.45. The van der Waals surface area contributed by atoms with Crippen molar-refractivity contribution in [2.45, 2.75) is 13.0 Å². The molecule has 0 unspecified atom stereocenters. The number of anilines is 1. The van der Waals surface area contributed by atoms with Crippen molar-refractivity contribution in [3.05, 3.63) is 23.9 Å². The molecular formula is C12H22N4. The van der Waals surface area contributed by atoms with Crippen molar-refractivity contribution in [2.24, 2.45) is 5.73 Å². The number of nitrogens with two attached hydrogens (primary N) is 1. The van der Waals surface area contributed by atoms with Crippen LogP contribution in [0.15, 0.2) is 18.3 Å². The third-order valence-corrected chi connectivity index (χ3v) is 2.55. The fraction of sp³-hybridized carbons (Fsp3) is 0.583. The zero-order valence-corrected chi connectivity index (χ0v) is 10.5. The average Bonchev–Trinajstić information content (AvgIpc) is 2.28. The minimum Gasteiger partial charge on any atom is -0.359 e. The fourth-order valence-corrected chi connectivity index (χ4v) is 1.66. The van der Waals surface area contributed by atoms with E-state index in [1.165, 1.54) is 0 Å². The van der Waals surface area contributed by atoms with Gasteiger partial charge in [0, 0.05) is 31.9 Å². The molecule has 4 nitrogen and oxygen atoms in total. The maximum absolute atomic E-state index is 5.69. The van der Waals surface area contributed by atoms with Gasteiger partial charge in [-0.3, -0.25) is 0 Å². The number of rotatable bonds is 6. The summed E-state index contributed by atoms with van der Waals surface area (Å²) in [6.07, 6.45) is 2.95. The van der Waals surface area contributed by atoms with E-state index in [4.69, 9.17) is 5.73 Å². The summed E-state index contributed by atoms with van der Waals surface area (Å²) in [5.74, 6) is 1.00. The van der Waals surface area contributed by atoms with Crippen LogP contribution in [0.2, 0.25) is 0 Å². The molecule has 0 atom stereocenters. The van der Waals surface area contributed by atoms with Gasteiger partial charge in [0.05, 0.1) is 0 Å². The van der Waals surface area contributed by atoms with Crippen molar-refractivity contribution in [3.63, 3.8) is 0 Å². The van der Waals surface area contributed by atoms with E-state index in [0.717, 1.165) is 30.9 Å². The van der Waals surface area contributed by atoms with E-state index in [1.807, 2.05) is 18.3 Å². The topological polar surface area (TPSA) is 45.4 Å². The molecule has 0 radical (unpaired) electrons. The van der Waals surface area contributed by atoms with Crippen molar-refractivity contribution >= 4 is 5.82 Å². The highest BCUT2D eigenvalue weighted by Crippen LogP contribution is 2.14. The Morgan fingerprint density at radius 2 is 2.00 bits per heavy atom. The summed E-state index contributed by atoms with van der Waals surface area (Å²) in [6, 6.07) is 3.96. The van der Waals surface area contributed by atoms with Crippen LogP contribution in [0.25, 0.3) is 0 Å². The first-order chi connectivity index (χ1) is 7.65. The highest BCUT2D eigenvalue weighted by Gasteiger charge is 2.06. The lowest BCUT2D eigenvalue weighted by Crippen LogP contribution is -2.25. The van der Waals surface area contributed by atoms with E-state index >= 15 is 0 Å². The molecule has 0 aromatic carbocycles. The van der Waals surface area contributed by atoms with E-state index < -0.39 is 0 Å². The van der Waals surface area contributed by atoms with Crippen LogP contribution in [-0.2, 0) is 6.54 Å². The van der Waals surface area contributed by atoms with Gasteiger partial charge in [0.2, 0.25) is 0 Å². The summed E-state index contributed by atoms with van der Waals surface area (Å²) in [7, 11) is 6.25. The average molecular weight is 222 g/mol. The highest BCUT2D eigenvalue weighted by atomic mass is 15.2. The van der Waals surface area contributed by atoms with Crippen LogP contribution in [0.1, 0.15) is 12.0 Å². The molecule has 0 spiro atoms. The number of aromatic nitrogens is 1. The van der Waals surface area contributed by atoms with E-state index in [1.54, 1.807) is 0 Å². The van der Waals surface area contributed by atoms with Crippen LogP contribution in [-0.4, -0.2) is 44.1 Å². The Hall–Kier alpha value is -1.13. The SMILES string of the molecule is CN(C)CCCN(C)c1ncccc1CN. The molecule has 0 saturated heterocycles. The molecule has 0 aliphatic carbocycles. The Balaban J connectivity index is 2.55. The predicted molar refractivity (Wildman–Crippen MR) is 68.6 cm³/mol. The van der Waals surface area contributed by atoms with Gasteiger partial charge in [-0.05, 0) is 33.1 Å². The van der Waals surface area contributed by atoms with Gasteiger partial charge in [0.1, 0.15) is 5.82 Å². The molecule has 0 bridgehead atoms. The summed E-state index contributed by atoms with van der Waals surface area (Å²) in [5, 5.41) is 0. The Bertz CT molecular complexity index is 312. The normalized spacial score (nSPS) is 10.8. The van der Waals surface area contributed by atoms with Crippen LogP contribution in [0.4, 0.5) is 5.82 Å². The lowest BCUT2D eigenvalue weighted by molar-refractivity contribution is 0.401. The summed E-state index contributed by atoms with van der Waals surface area (Å²) >= 11 is 0. The van der Waals surface area contributed by atoms with Crippen LogP contribution in [0.3, 0.4) is 0 Å². The Morgan fingerprint density at radius 3 is 2.62 bits per heavy atom. The van der Waals surface area contributed by atoms with Crippen molar-refractivity contribution in [1.82, 2.24) is 9.88 Å².